The zero-order valence-electron chi connectivity index (χ0n) is 13.0. The zero-order valence-corrected chi connectivity index (χ0v) is 18.1. The molecule has 0 aromatic heterocycles. The Labute approximate surface area is 176 Å². The Morgan fingerprint density at radius 3 is 2.40 bits per heavy atom. The third-order valence-electron chi connectivity index (χ3n) is 3.96. The molecule has 0 spiro atoms. The van der Waals surface area contributed by atoms with Crippen LogP contribution in [0.4, 0.5) is 4.79 Å². The van der Waals surface area contributed by atoms with E-state index in [9.17, 15) is 19.5 Å². The third-order valence-corrected chi connectivity index (χ3v) is 6.51. The summed E-state index contributed by atoms with van der Waals surface area (Å²) in [6, 6.07) is 3.48. The van der Waals surface area contributed by atoms with Gasteiger partial charge in [0.05, 0.1) is 12.0 Å². The monoisotopic (exact) mass is 584 g/mol. The molecule has 2 aliphatic rings. The van der Waals surface area contributed by atoms with Crippen molar-refractivity contribution in [1.29, 1.82) is 0 Å². The molecular weight excluding hydrogens is 570 g/mol. The first-order valence-electron chi connectivity index (χ1n) is 7.58. The number of benzene rings is 1. The Morgan fingerprint density at radius 2 is 1.80 bits per heavy atom. The van der Waals surface area contributed by atoms with Gasteiger partial charge in [0, 0.05) is 13.1 Å². The van der Waals surface area contributed by atoms with Crippen molar-refractivity contribution in [3.8, 4) is 5.75 Å². The fourth-order valence-corrected chi connectivity index (χ4v) is 5.31. The van der Waals surface area contributed by atoms with Crippen molar-refractivity contribution in [1.82, 2.24) is 9.80 Å². The Balaban J connectivity index is 1.77. The highest BCUT2D eigenvalue weighted by molar-refractivity contribution is 14.1. The highest BCUT2D eigenvalue weighted by Crippen LogP contribution is 2.34. The lowest BCUT2D eigenvalue weighted by atomic mass is 10.2. The second-order valence-electron chi connectivity index (χ2n) is 5.69. The number of phenols is 1. The van der Waals surface area contributed by atoms with Crippen molar-refractivity contribution in [3.63, 3.8) is 0 Å². The van der Waals surface area contributed by atoms with Gasteiger partial charge in [-0.15, -0.1) is 0 Å². The maximum atomic E-state index is 12.5. The van der Waals surface area contributed by atoms with Crippen molar-refractivity contribution in [3.05, 3.63) is 29.7 Å². The van der Waals surface area contributed by atoms with Crippen LogP contribution in [-0.2, 0) is 9.59 Å². The lowest BCUT2D eigenvalue weighted by molar-refractivity contribution is -0.135. The van der Waals surface area contributed by atoms with Gasteiger partial charge in [-0.2, -0.15) is 0 Å². The summed E-state index contributed by atoms with van der Waals surface area (Å²) in [6.07, 6.45) is 3.55. The fourth-order valence-electron chi connectivity index (χ4n) is 2.66. The number of hydrogen-bond donors (Lipinski definition) is 1. The van der Waals surface area contributed by atoms with Gasteiger partial charge in [0.15, 0.2) is 0 Å². The number of nitrogens with zero attached hydrogens (tertiary/aromatic N) is 2. The minimum absolute atomic E-state index is 0.185. The lowest BCUT2D eigenvalue weighted by Crippen LogP contribution is -2.40. The number of aromatic hydroxyl groups is 1. The van der Waals surface area contributed by atoms with Crippen LogP contribution in [0.3, 0.4) is 0 Å². The van der Waals surface area contributed by atoms with E-state index in [0.29, 0.717) is 20.2 Å². The first-order valence-corrected chi connectivity index (χ1v) is 10.6. The molecule has 2 fully saturated rings. The molecular formula is C16H14I2N2O4S. The lowest BCUT2D eigenvalue weighted by Gasteiger charge is -2.18. The van der Waals surface area contributed by atoms with Crippen molar-refractivity contribution < 1.29 is 19.5 Å². The molecule has 0 radical (unpaired) electrons. The maximum Gasteiger partial charge on any atom is 0.294 e. The molecule has 2 heterocycles. The summed E-state index contributed by atoms with van der Waals surface area (Å²) in [5, 5.41) is 9.39. The second-order valence-corrected chi connectivity index (χ2v) is 9.01. The predicted octanol–water partition coefficient (Wildman–Crippen LogP) is 3.26. The molecule has 0 unspecified atom stereocenters. The number of rotatable bonds is 3. The van der Waals surface area contributed by atoms with Gasteiger partial charge < -0.3 is 10.0 Å². The first-order chi connectivity index (χ1) is 11.9. The quantitative estimate of drug-likeness (QED) is 0.437. The third kappa shape index (κ3) is 4.13. The van der Waals surface area contributed by atoms with Crippen LogP contribution in [0.5, 0.6) is 5.75 Å². The Kier molecular flexibility index (Phi) is 5.93. The van der Waals surface area contributed by atoms with Crippen LogP contribution < -0.4 is 0 Å². The number of carbonyl (C=O) groups excluding carboxylic acids is 3. The normalized spacial score (nSPS) is 19.4. The van der Waals surface area contributed by atoms with E-state index in [1.54, 1.807) is 23.1 Å². The van der Waals surface area contributed by atoms with Gasteiger partial charge in [0.2, 0.25) is 5.91 Å². The average molecular weight is 584 g/mol. The number of halogens is 2. The number of likely N-dealkylation sites (tertiary alicyclic amines) is 1. The maximum absolute atomic E-state index is 12.5. The van der Waals surface area contributed by atoms with Crippen molar-refractivity contribution in [2.24, 2.45) is 0 Å². The highest BCUT2D eigenvalue weighted by atomic mass is 127. The number of carbonyl (C=O) groups is 3. The summed E-state index contributed by atoms with van der Waals surface area (Å²) in [6.45, 7) is 1.18. The van der Waals surface area contributed by atoms with Crippen LogP contribution in [0.1, 0.15) is 18.4 Å². The van der Waals surface area contributed by atoms with Crippen LogP contribution in [0.25, 0.3) is 6.08 Å². The van der Waals surface area contributed by atoms with E-state index in [1.165, 1.54) is 0 Å². The van der Waals surface area contributed by atoms with E-state index in [2.05, 4.69) is 0 Å². The van der Waals surface area contributed by atoms with Crippen molar-refractivity contribution in [2.45, 2.75) is 12.8 Å². The molecule has 0 bridgehead atoms. The Morgan fingerprint density at radius 1 is 1.20 bits per heavy atom. The van der Waals surface area contributed by atoms with Gasteiger partial charge in [0.1, 0.15) is 12.3 Å². The molecule has 2 aliphatic heterocycles. The number of amides is 3. The number of hydrogen-bond acceptors (Lipinski definition) is 5. The van der Waals surface area contributed by atoms with E-state index in [4.69, 9.17) is 0 Å². The largest absolute Gasteiger partial charge is 0.506 e. The summed E-state index contributed by atoms with van der Waals surface area (Å²) >= 11 is 4.86. The van der Waals surface area contributed by atoms with Crippen LogP contribution in [0.2, 0.25) is 0 Å². The molecule has 0 aliphatic carbocycles. The molecule has 2 saturated heterocycles. The SMILES string of the molecule is O=C(CN1C(=O)S/C(=C\c2cc(I)c(O)c(I)c2)C1=O)N1CCCC1. The second kappa shape index (κ2) is 7.82. The number of thioether (sulfide) groups is 1. The average Bonchev–Trinajstić information content (AvgIpc) is 3.17. The van der Waals surface area contributed by atoms with Gasteiger partial charge in [-0.1, -0.05) is 0 Å². The summed E-state index contributed by atoms with van der Waals surface area (Å²) < 4.78 is 1.33. The summed E-state index contributed by atoms with van der Waals surface area (Å²) in [5.41, 5.74) is 0.725. The van der Waals surface area contributed by atoms with Crippen LogP contribution in [-0.4, -0.2) is 51.6 Å². The highest BCUT2D eigenvalue weighted by Gasteiger charge is 2.37. The Hall–Kier alpha value is -0.820. The molecule has 3 rings (SSSR count). The summed E-state index contributed by atoms with van der Waals surface area (Å²) in [7, 11) is 0. The molecule has 0 atom stereocenters. The van der Waals surface area contributed by atoms with Crippen molar-refractivity contribution in [2.75, 3.05) is 19.6 Å². The zero-order chi connectivity index (χ0) is 18.1. The Bertz CT molecular complexity index is 767. The molecule has 132 valence electrons. The van der Waals surface area contributed by atoms with E-state index in [-0.39, 0.29) is 23.1 Å². The molecule has 9 heteroatoms. The number of imide groups is 1. The van der Waals surface area contributed by atoms with Gasteiger partial charge in [-0.3, -0.25) is 19.3 Å². The van der Waals surface area contributed by atoms with Crippen LogP contribution in [0.15, 0.2) is 17.0 Å². The predicted molar refractivity (Wildman–Crippen MR) is 112 cm³/mol. The topological polar surface area (TPSA) is 77.9 Å². The molecule has 0 saturated carbocycles. The van der Waals surface area contributed by atoms with Gasteiger partial charge in [-0.05, 0) is 93.6 Å². The minimum Gasteiger partial charge on any atom is -0.506 e. The molecule has 1 aromatic rings. The van der Waals surface area contributed by atoms with Crippen molar-refractivity contribution >= 4 is 80.1 Å². The molecule has 1 N–H and O–H groups in total. The van der Waals surface area contributed by atoms with Gasteiger partial charge in [0.25, 0.3) is 11.1 Å². The van der Waals surface area contributed by atoms with Crippen LogP contribution in [0, 0.1) is 7.14 Å². The fraction of sp³-hybridized carbons (Fsp3) is 0.312. The molecule has 1 aromatic carbocycles. The van der Waals surface area contributed by atoms with E-state index < -0.39 is 11.1 Å². The van der Waals surface area contributed by atoms with Gasteiger partial charge in [-0.25, -0.2) is 0 Å². The summed E-state index contributed by atoms with van der Waals surface area (Å²) in [4.78, 5) is 39.8. The smallest absolute Gasteiger partial charge is 0.294 e. The summed E-state index contributed by atoms with van der Waals surface area (Å²) in [5.74, 6) is -0.432. The van der Waals surface area contributed by atoms with E-state index in [0.717, 1.165) is 35.1 Å². The molecule has 3 amide bonds. The molecule has 25 heavy (non-hydrogen) atoms. The molecule has 6 nitrogen and oxygen atoms in total. The van der Waals surface area contributed by atoms with Crippen LogP contribution >= 0.6 is 56.9 Å². The van der Waals surface area contributed by atoms with Gasteiger partial charge >= 0.3 is 0 Å². The van der Waals surface area contributed by atoms with E-state index in [1.807, 2.05) is 45.2 Å². The standard InChI is InChI=1S/C16H14I2N2O4S/c17-10-5-9(6-11(18)14(10)22)7-12-15(23)20(16(24)25-12)8-13(21)19-3-1-2-4-19/h5-7,22H,1-4,8H2/b12-7-. The minimum atomic E-state index is -0.444. The first kappa shape index (κ1) is 19.0. The number of phenolic OH excluding ortho intramolecular Hbond substituents is 1. The van der Waals surface area contributed by atoms with E-state index >= 15 is 0 Å².